The molecule has 8 heteroatoms. The van der Waals surface area contributed by atoms with E-state index in [9.17, 15) is 18.0 Å². The maximum absolute atomic E-state index is 12.0. The molecule has 1 aliphatic heterocycles. The third-order valence-electron chi connectivity index (χ3n) is 3.00. The number of nitrogens with zero attached hydrogens (tertiary/aromatic N) is 2. The van der Waals surface area contributed by atoms with Gasteiger partial charge in [0.05, 0.1) is 13.5 Å². The van der Waals surface area contributed by atoms with Crippen LogP contribution >= 0.6 is 11.8 Å². The SMILES string of the molecule is COC(=O)CCN1CCN(CCSC(F)(F)F)CC1. The van der Waals surface area contributed by atoms with Gasteiger partial charge in [-0.1, -0.05) is 0 Å². The lowest BCUT2D eigenvalue weighted by Gasteiger charge is -2.34. The van der Waals surface area contributed by atoms with Gasteiger partial charge in [-0.15, -0.1) is 0 Å². The van der Waals surface area contributed by atoms with Crippen molar-refractivity contribution in [3.8, 4) is 0 Å². The number of rotatable bonds is 6. The molecule has 0 aromatic heterocycles. The quantitative estimate of drug-likeness (QED) is 0.693. The van der Waals surface area contributed by atoms with Gasteiger partial charge in [-0.3, -0.25) is 9.69 Å². The lowest BCUT2D eigenvalue weighted by atomic mass is 10.3. The Morgan fingerprint density at radius 2 is 1.68 bits per heavy atom. The average molecular weight is 300 g/mol. The highest BCUT2D eigenvalue weighted by atomic mass is 32.2. The summed E-state index contributed by atoms with van der Waals surface area (Å²) in [5, 5.41) is 0. The predicted octanol–water partition coefficient (Wildman–Crippen LogP) is 1.42. The molecule has 1 rings (SSSR count). The lowest BCUT2D eigenvalue weighted by molar-refractivity contribution is -0.141. The predicted molar refractivity (Wildman–Crippen MR) is 68.0 cm³/mol. The van der Waals surface area contributed by atoms with Crippen molar-refractivity contribution in [2.24, 2.45) is 0 Å². The Balaban J connectivity index is 2.10. The van der Waals surface area contributed by atoms with E-state index >= 15 is 0 Å². The molecule has 4 nitrogen and oxygen atoms in total. The summed E-state index contributed by atoms with van der Waals surface area (Å²) in [6.07, 6.45) is 0.362. The molecule has 1 saturated heterocycles. The summed E-state index contributed by atoms with van der Waals surface area (Å²) in [5.74, 6) is -0.157. The largest absolute Gasteiger partial charge is 0.469 e. The van der Waals surface area contributed by atoms with Gasteiger partial charge in [0.2, 0.25) is 0 Å². The smallest absolute Gasteiger partial charge is 0.441 e. The second-order valence-corrected chi connectivity index (χ2v) is 5.46. The number of methoxy groups -OCH3 is 1. The summed E-state index contributed by atoms with van der Waals surface area (Å²) in [5.41, 5.74) is -4.14. The van der Waals surface area contributed by atoms with Gasteiger partial charge < -0.3 is 9.64 Å². The molecule has 0 aliphatic carbocycles. The molecule has 1 fully saturated rings. The Bertz CT molecular complexity index is 282. The fraction of sp³-hybridized carbons (Fsp3) is 0.909. The Labute approximate surface area is 115 Å². The monoisotopic (exact) mass is 300 g/mol. The van der Waals surface area contributed by atoms with Crippen LogP contribution in [0.4, 0.5) is 13.2 Å². The van der Waals surface area contributed by atoms with Gasteiger partial charge in [0.15, 0.2) is 0 Å². The van der Waals surface area contributed by atoms with Crippen molar-refractivity contribution in [3.05, 3.63) is 0 Å². The number of halogens is 3. The molecule has 0 amide bonds. The van der Waals surface area contributed by atoms with Crippen molar-refractivity contribution in [1.82, 2.24) is 9.80 Å². The number of alkyl halides is 3. The molecule has 0 atom stereocenters. The van der Waals surface area contributed by atoms with E-state index in [4.69, 9.17) is 0 Å². The Morgan fingerprint density at radius 1 is 1.16 bits per heavy atom. The minimum atomic E-state index is -4.14. The van der Waals surface area contributed by atoms with Crippen molar-refractivity contribution in [2.45, 2.75) is 11.9 Å². The topological polar surface area (TPSA) is 32.8 Å². The minimum absolute atomic E-state index is 0.0287. The molecule has 0 aromatic rings. The second kappa shape index (κ2) is 7.96. The van der Waals surface area contributed by atoms with E-state index in [1.807, 2.05) is 4.90 Å². The van der Waals surface area contributed by atoms with Crippen molar-refractivity contribution in [2.75, 3.05) is 52.1 Å². The first-order valence-electron chi connectivity index (χ1n) is 6.13. The minimum Gasteiger partial charge on any atom is -0.469 e. The van der Waals surface area contributed by atoms with E-state index in [1.54, 1.807) is 0 Å². The van der Waals surface area contributed by atoms with Crippen LogP contribution in [0.15, 0.2) is 0 Å². The van der Waals surface area contributed by atoms with Crippen LogP contribution in [0, 0.1) is 0 Å². The van der Waals surface area contributed by atoms with Crippen molar-refractivity contribution in [3.63, 3.8) is 0 Å². The van der Waals surface area contributed by atoms with Gasteiger partial charge in [0, 0.05) is 45.0 Å². The van der Waals surface area contributed by atoms with Crippen molar-refractivity contribution >= 4 is 17.7 Å². The Hall–Kier alpha value is -0.470. The fourth-order valence-corrected chi connectivity index (χ4v) is 2.46. The summed E-state index contributed by atoms with van der Waals surface area (Å²) in [7, 11) is 1.36. The van der Waals surface area contributed by atoms with Crippen LogP contribution in [0.25, 0.3) is 0 Å². The van der Waals surface area contributed by atoms with Crippen molar-refractivity contribution in [1.29, 1.82) is 0 Å². The highest BCUT2D eigenvalue weighted by Gasteiger charge is 2.28. The number of ether oxygens (including phenoxy) is 1. The van der Waals surface area contributed by atoms with Gasteiger partial charge in [-0.2, -0.15) is 13.2 Å². The zero-order valence-electron chi connectivity index (χ0n) is 10.9. The standard InChI is InChI=1S/C11H19F3N2O2S/c1-18-10(17)2-3-15-4-6-16(7-5-15)8-9-19-11(12,13)14/h2-9H2,1H3. The highest BCUT2D eigenvalue weighted by Crippen LogP contribution is 2.29. The van der Waals surface area contributed by atoms with Gasteiger partial charge in [-0.25, -0.2) is 0 Å². The first-order valence-corrected chi connectivity index (χ1v) is 7.11. The molecular weight excluding hydrogens is 281 g/mol. The van der Waals surface area contributed by atoms with E-state index in [0.717, 1.165) is 26.2 Å². The van der Waals surface area contributed by atoms with Crippen LogP contribution in [0.5, 0.6) is 0 Å². The van der Waals surface area contributed by atoms with E-state index in [0.29, 0.717) is 19.5 Å². The van der Waals surface area contributed by atoms with Crippen LogP contribution in [-0.2, 0) is 9.53 Å². The molecule has 1 heterocycles. The number of thioether (sulfide) groups is 1. The molecule has 0 spiro atoms. The molecule has 19 heavy (non-hydrogen) atoms. The summed E-state index contributed by atoms with van der Waals surface area (Å²) >= 11 is 0.0287. The molecule has 1 aliphatic rings. The molecule has 0 radical (unpaired) electrons. The zero-order valence-corrected chi connectivity index (χ0v) is 11.7. The number of esters is 1. The molecule has 112 valence electrons. The normalized spacial score (nSPS) is 18.5. The first-order chi connectivity index (χ1) is 8.90. The average Bonchev–Trinajstić information content (AvgIpc) is 2.36. The van der Waals surface area contributed by atoms with Gasteiger partial charge in [0.1, 0.15) is 0 Å². The first kappa shape index (κ1) is 16.6. The lowest BCUT2D eigenvalue weighted by Crippen LogP contribution is -2.47. The third kappa shape index (κ3) is 7.64. The summed E-state index contributed by atoms with van der Waals surface area (Å²) < 4.78 is 40.5. The van der Waals surface area contributed by atoms with E-state index < -0.39 is 5.51 Å². The van der Waals surface area contributed by atoms with Gasteiger partial charge >= 0.3 is 11.5 Å². The Morgan fingerprint density at radius 3 is 2.16 bits per heavy atom. The zero-order chi connectivity index (χ0) is 14.3. The highest BCUT2D eigenvalue weighted by molar-refractivity contribution is 8.00. The van der Waals surface area contributed by atoms with Gasteiger partial charge in [0.25, 0.3) is 0 Å². The number of hydrogen-bond acceptors (Lipinski definition) is 5. The molecule has 0 bridgehead atoms. The maximum Gasteiger partial charge on any atom is 0.441 e. The van der Waals surface area contributed by atoms with Crippen LogP contribution in [-0.4, -0.2) is 73.4 Å². The van der Waals surface area contributed by atoms with Crippen LogP contribution in [0.1, 0.15) is 6.42 Å². The summed E-state index contributed by atoms with van der Waals surface area (Å²) in [4.78, 5) is 15.1. The summed E-state index contributed by atoms with van der Waals surface area (Å²) in [6.45, 7) is 4.17. The van der Waals surface area contributed by atoms with E-state index in [-0.39, 0.29) is 23.5 Å². The van der Waals surface area contributed by atoms with E-state index in [1.165, 1.54) is 7.11 Å². The molecule has 0 N–H and O–H groups in total. The van der Waals surface area contributed by atoms with Crippen LogP contribution in [0.2, 0.25) is 0 Å². The van der Waals surface area contributed by atoms with Crippen LogP contribution < -0.4 is 0 Å². The number of carbonyl (C=O) groups is 1. The number of carbonyl (C=O) groups excluding carboxylic acids is 1. The molecule has 0 saturated carbocycles. The molecule has 0 unspecified atom stereocenters. The fourth-order valence-electron chi connectivity index (χ4n) is 1.88. The molecular formula is C11H19F3N2O2S. The summed E-state index contributed by atoms with van der Waals surface area (Å²) in [6, 6.07) is 0. The third-order valence-corrected chi connectivity index (χ3v) is 3.71. The second-order valence-electron chi connectivity index (χ2n) is 4.30. The molecule has 0 aromatic carbocycles. The van der Waals surface area contributed by atoms with Gasteiger partial charge in [-0.05, 0) is 11.8 Å². The number of hydrogen-bond donors (Lipinski definition) is 0. The maximum atomic E-state index is 12.0. The van der Waals surface area contributed by atoms with Crippen molar-refractivity contribution < 1.29 is 22.7 Å². The Kier molecular flexibility index (Phi) is 6.95. The van der Waals surface area contributed by atoms with Crippen LogP contribution in [0.3, 0.4) is 0 Å². The van der Waals surface area contributed by atoms with E-state index in [2.05, 4.69) is 9.64 Å². The number of piperazine rings is 1.